The second kappa shape index (κ2) is 20.8. The average Bonchev–Trinajstić information content (AvgIpc) is 3.56. The van der Waals surface area contributed by atoms with E-state index in [1.54, 1.807) is 42.5 Å². The maximum absolute atomic E-state index is 14.0. The summed E-state index contributed by atoms with van der Waals surface area (Å²) in [6.45, 7) is 0.766. The number of nitrogens with zero attached hydrogens (tertiary/aromatic N) is 1. The minimum atomic E-state index is -5.03. The number of amides is 5. The first-order chi connectivity index (χ1) is 25.5. The van der Waals surface area contributed by atoms with E-state index in [2.05, 4.69) is 26.3 Å². The monoisotopic (exact) mass is 772 g/mol. The third kappa shape index (κ3) is 15.4. The lowest BCUT2D eigenvalue weighted by atomic mass is 9.98. The molecule has 13 N–H and O–H groups in total. The first-order valence-electron chi connectivity index (χ1n) is 17.3. The van der Waals surface area contributed by atoms with Crippen molar-refractivity contribution in [2.75, 3.05) is 13.2 Å². The normalized spacial score (nSPS) is 17.0. The van der Waals surface area contributed by atoms with E-state index in [-0.39, 0.29) is 37.5 Å². The third-order valence-corrected chi connectivity index (χ3v) is 8.96. The molecule has 1 saturated carbocycles. The van der Waals surface area contributed by atoms with Crippen LogP contribution in [0.2, 0.25) is 0 Å². The van der Waals surface area contributed by atoms with Crippen LogP contribution in [0.5, 0.6) is 5.75 Å². The van der Waals surface area contributed by atoms with E-state index in [9.17, 15) is 43.4 Å². The number of carbonyl (C=O) groups is 5. The van der Waals surface area contributed by atoms with E-state index in [1.165, 1.54) is 25.1 Å². The largest absolute Gasteiger partial charge is 0.508 e. The molecule has 0 radical (unpaired) electrons. The Morgan fingerprint density at radius 1 is 0.889 bits per heavy atom. The summed E-state index contributed by atoms with van der Waals surface area (Å²) < 4.78 is 16.5. The number of phosphoric ester groups is 1. The number of hydrogen-bond acceptors (Lipinski definition) is 9. The van der Waals surface area contributed by atoms with Gasteiger partial charge in [-0.1, -0.05) is 54.1 Å². The molecule has 1 aliphatic rings. The van der Waals surface area contributed by atoms with E-state index in [4.69, 9.17) is 21.7 Å². The van der Waals surface area contributed by atoms with Crippen LogP contribution < -0.4 is 38.5 Å². The molecular formula is C35H49N8O10P. The van der Waals surface area contributed by atoms with Gasteiger partial charge < -0.3 is 53.4 Å². The van der Waals surface area contributed by atoms with Crippen LogP contribution in [-0.2, 0) is 45.9 Å². The summed E-state index contributed by atoms with van der Waals surface area (Å²) in [6, 6.07) is 10.2. The number of aromatic hydroxyl groups is 1. The molecule has 0 heterocycles. The maximum Gasteiger partial charge on any atom is 0.469 e. The summed E-state index contributed by atoms with van der Waals surface area (Å²) in [5, 5.41) is 20.4. The number of guanidine groups is 1. The van der Waals surface area contributed by atoms with Gasteiger partial charge in [0.05, 0.1) is 18.6 Å². The first kappa shape index (κ1) is 43.1. The molecule has 0 aliphatic heterocycles. The van der Waals surface area contributed by atoms with Gasteiger partial charge in [-0.05, 0) is 55.4 Å². The number of primary amides is 1. The van der Waals surface area contributed by atoms with Gasteiger partial charge >= 0.3 is 7.82 Å². The standard InChI is InChI=1S/C35H49N8O10P/c1-21(44)40-29(17-22-7-3-2-4-8-22)34(49)43-30(18-23-12-14-26(45)15-13-23)33(48)41-25(20-53-54(50,51)52)19-24-9-5-10-27(24)32(47)42-28(31(36)46)11-6-16-39-35(37)38/h2-4,7-8,12-15,19,25,27-30,45H,5-6,9-11,16-18,20H2,1H3,(H2,36,46)(H,40,44)(H,41,48)(H,42,47)(H,43,49)(H4,37,38,39)(H2,50,51,52)/b24-19-/t25-,27-,28+,29+,30+/m1/s1. The topological polar surface area (TPSA) is 311 Å². The van der Waals surface area contributed by atoms with Crippen LogP contribution >= 0.6 is 7.82 Å². The molecule has 2 aromatic rings. The van der Waals surface area contributed by atoms with Crippen LogP contribution in [-0.4, -0.2) is 87.7 Å². The van der Waals surface area contributed by atoms with Gasteiger partial charge in [0.1, 0.15) is 23.9 Å². The van der Waals surface area contributed by atoms with Crippen molar-refractivity contribution >= 4 is 43.3 Å². The van der Waals surface area contributed by atoms with Gasteiger partial charge in [-0.2, -0.15) is 0 Å². The van der Waals surface area contributed by atoms with Gasteiger partial charge in [0, 0.05) is 26.3 Å². The van der Waals surface area contributed by atoms with Crippen LogP contribution in [0.4, 0.5) is 0 Å². The molecule has 5 atom stereocenters. The Labute approximate surface area is 312 Å². The molecule has 18 nitrogen and oxygen atoms in total. The van der Waals surface area contributed by atoms with Crippen molar-refractivity contribution in [2.24, 2.45) is 28.1 Å². The van der Waals surface area contributed by atoms with E-state index in [0.717, 1.165) is 5.56 Å². The number of aliphatic imine (C=N–C) groups is 1. The average molecular weight is 773 g/mol. The summed E-state index contributed by atoms with van der Waals surface area (Å²) in [7, 11) is -5.03. The molecule has 1 fully saturated rings. The van der Waals surface area contributed by atoms with Crippen molar-refractivity contribution in [1.82, 2.24) is 21.3 Å². The summed E-state index contributed by atoms with van der Waals surface area (Å²) >= 11 is 0. The van der Waals surface area contributed by atoms with Gasteiger partial charge in [0.2, 0.25) is 29.5 Å². The van der Waals surface area contributed by atoms with Crippen LogP contribution in [0.15, 0.2) is 71.2 Å². The molecule has 0 unspecified atom stereocenters. The van der Waals surface area contributed by atoms with E-state index in [1.807, 2.05) is 0 Å². The van der Waals surface area contributed by atoms with Crippen LogP contribution in [0.3, 0.4) is 0 Å². The van der Waals surface area contributed by atoms with Crippen LogP contribution in [0, 0.1) is 5.92 Å². The SMILES string of the molecule is CC(=O)N[C@@H](Cc1ccccc1)C(=O)N[C@@H](Cc1ccc(O)cc1)C(=O)N[C@H](/C=C1/CCC[C@H]1C(=O)N[C@@H](CCCN=C(N)N)C(N)=O)COP(=O)(O)O. The van der Waals surface area contributed by atoms with Gasteiger partial charge in [-0.3, -0.25) is 33.5 Å². The van der Waals surface area contributed by atoms with Crippen molar-refractivity contribution in [3.8, 4) is 5.75 Å². The lowest BCUT2D eigenvalue weighted by Crippen LogP contribution is -2.56. The minimum Gasteiger partial charge on any atom is -0.508 e. The molecule has 19 heteroatoms. The third-order valence-electron chi connectivity index (χ3n) is 8.48. The Morgan fingerprint density at radius 2 is 1.50 bits per heavy atom. The highest BCUT2D eigenvalue weighted by Crippen LogP contribution is 2.36. The Kier molecular flexibility index (Phi) is 16.6. The molecule has 294 valence electrons. The zero-order valence-corrected chi connectivity index (χ0v) is 30.7. The van der Waals surface area contributed by atoms with E-state index < -0.39 is 74.1 Å². The van der Waals surface area contributed by atoms with Crippen molar-refractivity contribution in [3.05, 3.63) is 77.4 Å². The molecule has 54 heavy (non-hydrogen) atoms. The summed E-state index contributed by atoms with van der Waals surface area (Å²) in [5.41, 5.74) is 18.0. The number of phenols is 1. The zero-order chi connectivity index (χ0) is 39.8. The number of benzene rings is 2. The summed E-state index contributed by atoms with van der Waals surface area (Å²) in [4.78, 5) is 88.0. The van der Waals surface area contributed by atoms with Crippen molar-refractivity contribution in [1.29, 1.82) is 0 Å². The molecule has 0 spiro atoms. The molecule has 0 saturated heterocycles. The van der Waals surface area contributed by atoms with Crippen molar-refractivity contribution < 1.29 is 48.0 Å². The Balaban J connectivity index is 1.87. The minimum absolute atomic E-state index is 0.0260. The highest BCUT2D eigenvalue weighted by atomic mass is 31.2. The Bertz CT molecular complexity index is 1710. The smallest absolute Gasteiger partial charge is 0.469 e. The number of nitrogens with one attached hydrogen (secondary N) is 4. The number of rotatable bonds is 20. The highest BCUT2D eigenvalue weighted by molar-refractivity contribution is 7.46. The zero-order valence-electron chi connectivity index (χ0n) is 29.9. The molecule has 1 aliphatic carbocycles. The number of hydrogen-bond donors (Lipinski definition) is 10. The van der Waals surface area contributed by atoms with Crippen molar-refractivity contribution in [3.63, 3.8) is 0 Å². The second-order valence-electron chi connectivity index (χ2n) is 12.9. The quantitative estimate of drug-likeness (QED) is 0.0268. The maximum atomic E-state index is 14.0. The fraction of sp³-hybridized carbons (Fsp3) is 0.429. The fourth-order valence-corrected chi connectivity index (χ4v) is 6.29. The van der Waals surface area contributed by atoms with Crippen LogP contribution in [0.1, 0.15) is 50.2 Å². The molecule has 5 amide bonds. The first-order valence-corrected chi connectivity index (χ1v) is 18.8. The van der Waals surface area contributed by atoms with Gasteiger partial charge in [0.25, 0.3) is 0 Å². The molecule has 0 aromatic heterocycles. The number of carbonyl (C=O) groups excluding carboxylic acids is 5. The van der Waals surface area contributed by atoms with Crippen LogP contribution in [0.25, 0.3) is 0 Å². The number of phosphoric acid groups is 1. The van der Waals surface area contributed by atoms with Gasteiger partial charge in [0.15, 0.2) is 5.96 Å². The van der Waals surface area contributed by atoms with E-state index >= 15 is 0 Å². The predicted molar refractivity (Wildman–Crippen MR) is 198 cm³/mol. The molecule has 3 rings (SSSR count). The molecule has 0 bridgehead atoms. The Hall–Kier alpha value is -5.29. The molecular weight excluding hydrogens is 723 g/mol. The fourth-order valence-electron chi connectivity index (χ4n) is 5.93. The predicted octanol–water partition coefficient (Wildman–Crippen LogP) is -0.489. The highest BCUT2D eigenvalue weighted by Gasteiger charge is 2.33. The Morgan fingerprint density at radius 3 is 2.09 bits per heavy atom. The molecule has 2 aromatic carbocycles. The lowest BCUT2D eigenvalue weighted by Gasteiger charge is -2.25. The van der Waals surface area contributed by atoms with Gasteiger partial charge in [-0.15, -0.1) is 0 Å². The lowest BCUT2D eigenvalue weighted by molar-refractivity contribution is -0.131. The van der Waals surface area contributed by atoms with Crippen molar-refractivity contribution in [2.45, 2.75) is 76.0 Å². The van der Waals surface area contributed by atoms with E-state index in [0.29, 0.717) is 36.8 Å². The second-order valence-corrected chi connectivity index (χ2v) is 14.1. The summed E-state index contributed by atoms with van der Waals surface area (Å²) in [6.07, 6.45) is 3.34. The number of nitrogens with two attached hydrogens (primary N) is 3. The number of phenolic OH excluding ortho intramolecular Hbond substituents is 1. The summed E-state index contributed by atoms with van der Waals surface area (Å²) in [5.74, 6) is -4.11. The van der Waals surface area contributed by atoms with Gasteiger partial charge in [-0.25, -0.2) is 4.57 Å².